The third-order valence-electron chi connectivity index (χ3n) is 7.62. The van der Waals surface area contributed by atoms with Crippen molar-refractivity contribution < 1.29 is 9.59 Å². The first-order valence-electron chi connectivity index (χ1n) is 13.6. The van der Waals surface area contributed by atoms with E-state index in [0.717, 1.165) is 42.5 Å². The third kappa shape index (κ3) is 5.55. The summed E-state index contributed by atoms with van der Waals surface area (Å²) in [6.45, 7) is 3.45. The molecule has 39 heavy (non-hydrogen) atoms. The number of anilines is 2. The summed E-state index contributed by atoms with van der Waals surface area (Å²) in [7, 11) is 0. The molecule has 6 rings (SSSR count). The molecule has 0 unspecified atom stereocenters. The number of aromatic amines is 1. The number of nitrogens with one attached hydrogen (secondary N) is 4. The summed E-state index contributed by atoms with van der Waals surface area (Å²) in [6, 6.07) is 15.4. The van der Waals surface area contributed by atoms with E-state index in [1.165, 1.54) is 29.9 Å². The molecule has 8 nitrogen and oxygen atoms in total. The fourth-order valence-corrected chi connectivity index (χ4v) is 5.44. The van der Waals surface area contributed by atoms with Crippen LogP contribution in [0.3, 0.4) is 0 Å². The predicted molar refractivity (Wildman–Crippen MR) is 154 cm³/mol. The largest absolute Gasteiger partial charge is 0.360 e. The lowest BCUT2D eigenvalue weighted by atomic mass is 9.91. The fraction of sp³-hybridized carbons (Fsp3) is 0.290. The van der Waals surface area contributed by atoms with E-state index >= 15 is 0 Å². The van der Waals surface area contributed by atoms with Gasteiger partial charge in [0.05, 0.1) is 5.69 Å². The number of nitrogens with zero attached hydrogens (tertiary/aromatic N) is 2. The Bertz CT molecular complexity index is 1520. The van der Waals surface area contributed by atoms with Crippen LogP contribution in [0.15, 0.2) is 73.6 Å². The summed E-state index contributed by atoms with van der Waals surface area (Å²) in [4.78, 5) is 37.5. The molecule has 2 saturated carbocycles. The summed E-state index contributed by atoms with van der Waals surface area (Å²) >= 11 is 0. The summed E-state index contributed by atoms with van der Waals surface area (Å²) in [5.74, 6) is 0.764. The van der Waals surface area contributed by atoms with Crippen molar-refractivity contribution in [3.8, 4) is 11.3 Å². The van der Waals surface area contributed by atoms with Crippen LogP contribution in [-0.4, -0.2) is 38.8 Å². The van der Waals surface area contributed by atoms with Gasteiger partial charge in [-0.05, 0) is 80.9 Å². The lowest BCUT2D eigenvalue weighted by Crippen LogP contribution is -2.42. The molecule has 2 heterocycles. The summed E-state index contributed by atoms with van der Waals surface area (Å²) in [5, 5.41) is 10.6. The molecule has 2 atom stereocenters. The number of fused-ring (bicyclic) bond motifs is 1. The van der Waals surface area contributed by atoms with E-state index in [-0.39, 0.29) is 23.9 Å². The Balaban J connectivity index is 1.13. The standard InChI is InChI=1S/C31H32N6O2/c1-2-28(38)34-21-14-12-20(13-15-21)30(39)35-22-6-5-7-23(16-22)36-31-33-17-25(19-10-11-19)29(37-31)26-18-32-27-9-4-3-8-24(26)27/h2-4,8-9,12-15,17-19,22-23,32H,1,5-7,10-11,16H2,(H,34,38)(H,35,39)(H,33,36,37)/t22-,23+/m0/s1. The Morgan fingerprint density at radius 2 is 1.79 bits per heavy atom. The molecule has 2 aromatic carbocycles. The highest BCUT2D eigenvalue weighted by atomic mass is 16.2. The summed E-state index contributed by atoms with van der Waals surface area (Å²) in [5.41, 5.74) is 5.61. The van der Waals surface area contributed by atoms with Gasteiger partial charge in [0.2, 0.25) is 11.9 Å². The zero-order valence-corrected chi connectivity index (χ0v) is 21.7. The number of rotatable bonds is 8. The molecular formula is C31H32N6O2. The van der Waals surface area contributed by atoms with E-state index in [2.05, 4.69) is 51.9 Å². The van der Waals surface area contributed by atoms with Crippen molar-refractivity contribution in [1.82, 2.24) is 20.3 Å². The van der Waals surface area contributed by atoms with E-state index in [0.29, 0.717) is 23.1 Å². The Morgan fingerprint density at radius 3 is 2.59 bits per heavy atom. The second kappa shape index (κ2) is 10.7. The Kier molecular flexibility index (Phi) is 6.84. The Hall–Kier alpha value is -4.46. The van der Waals surface area contributed by atoms with Crippen molar-refractivity contribution in [3.63, 3.8) is 0 Å². The second-order valence-electron chi connectivity index (χ2n) is 10.5. The lowest BCUT2D eigenvalue weighted by Gasteiger charge is -2.30. The van der Waals surface area contributed by atoms with Gasteiger partial charge in [0, 0.05) is 57.8 Å². The molecule has 4 aromatic rings. The van der Waals surface area contributed by atoms with Crippen molar-refractivity contribution in [2.24, 2.45) is 0 Å². The minimum absolute atomic E-state index is 0.0581. The highest BCUT2D eigenvalue weighted by molar-refractivity contribution is 6.00. The SMILES string of the molecule is C=CC(=O)Nc1ccc(C(=O)N[C@H]2CCC[C@@H](Nc3ncc(C4CC4)c(-c4c[nH]c5ccccc45)n3)C2)cc1. The quantitative estimate of drug-likeness (QED) is 0.220. The lowest BCUT2D eigenvalue weighted by molar-refractivity contribution is -0.111. The first kappa shape index (κ1) is 24.9. The second-order valence-corrected chi connectivity index (χ2v) is 10.5. The maximum Gasteiger partial charge on any atom is 0.251 e. The molecule has 2 amide bonds. The van der Waals surface area contributed by atoms with Crippen LogP contribution in [0.5, 0.6) is 0 Å². The normalized spacial score (nSPS) is 18.9. The number of amides is 2. The molecule has 8 heteroatoms. The van der Waals surface area contributed by atoms with Crippen LogP contribution in [0.1, 0.15) is 60.4 Å². The molecule has 2 aliphatic rings. The molecule has 0 radical (unpaired) electrons. The highest BCUT2D eigenvalue weighted by Crippen LogP contribution is 2.45. The molecule has 0 spiro atoms. The Labute approximate surface area is 227 Å². The average molecular weight is 521 g/mol. The zero-order valence-electron chi connectivity index (χ0n) is 21.7. The van der Waals surface area contributed by atoms with Gasteiger partial charge in [-0.25, -0.2) is 9.97 Å². The topological polar surface area (TPSA) is 112 Å². The monoisotopic (exact) mass is 520 g/mol. The van der Waals surface area contributed by atoms with Crippen molar-refractivity contribution in [2.45, 2.75) is 56.5 Å². The summed E-state index contributed by atoms with van der Waals surface area (Å²) < 4.78 is 0. The number of carbonyl (C=O) groups excluding carboxylic acids is 2. The van der Waals surface area contributed by atoms with Crippen molar-refractivity contribution >= 4 is 34.4 Å². The van der Waals surface area contributed by atoms with Crippen LogP contribution in [0, 0.1) is 0 Å². The van der Waals surface area contributed by atoms with Crippen LogP contribution in [0.25, 0.3) is 22.2 Å². The van der Waals surface area contributed by atoms with Gasteiger partial charge in [0.15, 0.2) is 0 Å². The number of hydrogen-bond acceptors (Lipinski definition) is 5. The molecule has 0 bridgehead atoms. The van der Waals surface area contributed by atoms with Crippen LogP contribution < -0.4 is 16.0 Å². The van der Waals surface area contributed by atoms with Gasteiger partial charge in [-0.15, -0.1) is 0 Å². The van der Waals surface area contributed by atoms with Crippen molar-refractivity contribution in [3.05, 3.63) is 84.7 Å². The molecule has 4 N–H and O–H groups in total. The summed E-state index contributed by atoms with van der Waals surface area (Å²) in [6.07, 6.45) is 11.4. The van der Waals surface area contributed by atoms with Gasteiger partial charge in [-0.3, -0.25) is 9.59 Å². The minimum atomic E-state index is -0.285. The maximum absolute atomic E-state index is 12.9. The van der Waals surface area contributed by atoms with Crippen LogP contribution in [0.2, 0.25) is 0 Å². The van der Waals surface area contributed by atoms with E-state index < -0.39 is 0 Å². The molecule has 0 aliphatic heterocycles. The fourth-order valence-electron chi connectivity index (χ4n) is 5.44. The molecule has 0 saturated heterocycles. The zero-order chi connectivity index (χ0) is 26.8. The van der Waals surface area contributed by atoms with E-state index in [4.69, 9.17) is 9.97 Å². The number of para-hydroxylation sites is 1. The minimum Gasteiger partial charge on any atom is -0.360 e. The van der Waals surface area contributed by atoms with Crippen molar-refractivity contribution in [1.29, 1.82) is 0 Å². The average Bonchev–Trinajstić information content (AvgIpc) is 3.71. The Morgan fingerprint density at radius 1 is 1.00 bits per heavy atom. The molecule has 2 aliphatic carbocycles. The number of hydrogen-bond donors (Lipinski definition) is 4. The van der Waals surface area contributed by atoms with E-state index in [1.54, 1.807) is 24.3 Å². The van der Waals surface area contributed by atoms with Crippen LogP contribution >= 0.6 is 0 Å². The van der Waals surface area contributed by atoms with Crippen molar-refractivity contribution in [2.75, 3.05) is 10.6 Å². The number of H-pyrrole nitrogens is 1. The van der Waals surface area contributed by atoms with Crippen LogP contribution in [0.4, 0.5) is 11.6 Å². The predicted octanol–water partition coefficient (Wildman–Crippen LogP) is 5.78. The molecular weight excluding hydrogens is 488 g/mol. The number of carbonyl (C=O) groups is 2. The molecule has 2 aromatic heterocycles. The first-order valence-corrected chi connectivity index (χ1v) is 13.6. The number of benzene rings is 2. The number of aromatic nitrogens is 3. The van der Waals surface area contributed by atoms with E-state index in [9.17, 15) is 9.59 Å². The van der Waals surface area contributed by atoms with Crippen LogP contribution in [-0.2, 0) is 4.79 Å². The van der Waals surface area contributed by atoms with Gasteiger partial charge in [0.25, 0.3) is 5.91 Å². The van der Waals surface area contributed by atoms with Gasteiger partial charge >= 0.3 is 0 Å². The molecule has 2 fully saturated rings. The van der Waals surface area contributed by atoms with E-state index in [1.807, 2.05) is 12.3 Å². The first-order chi connectivity index (χ1) is 19.1. The van der Waals surface area contributed by atoms with Gasteiger partial charge in [-0.1, -0.05) is 24.8 Å². The molecule has 198 valence electrons. The van der Waals surface area contributed by atoms with Gasteiger partial charge in [0.1, 0.15) is 0 Å². The smallest absolute Gasteiger partial charge is 0.251 e. The highest BCUT2D eigenvalue weighted by Gasteiger charge is 2.30. The maximum atomic E-state index is 12.9. The third-order valence-corrected chi connectivity index (χ3v) is 7.62. The van der Waals surface area contributed by atoms with Gasteiger partial charge in [-0.2, -0.15) is 0 Å². The van der Waals surface area contributed by atoms with Gasteiger partial charge < -0.3 is 20.9 Å².